The summed E-state index contributed by atoms with van der Waals surface area (Å²) in [6.07, 6.45) is -0.0618. The number of halogens is 1. The average Bonchev–Trinajstić information content (AvgIpc) is 2.48. The largest absolute Gasteiger partial charge is 0.380 e. The number of nitrogens with zero attached hydrogens (tertiary/aromatic N) is 1. The van der Waals surface area contributed by atoms with Gasteiger partial charge in [-0.3, -0.25) is 4.79 Å². The normalized spacial score (nSPS) is 13.5. The van der Waals surface area contributed by atoms with Gasteiger partial charge < -0.3 is 10.0 Å². The SMILES string of the molecule is CN(C)C(=O)CC(O)(c1ccccc1)c1ccccc1Cl. The summed E-state index contributed by atoms with van der Waals surface area (Å²) < 4.78 is 0. The molecule has 0 spiro atoms. The molecule has 110 valence electrons. The zero-order valence-corrected chi connectivity index (χ0v) is 12.8. The van der Waals surface area contributed by atoms with E-state index in [0.29, 0.717) is 16.1 Å². The molecule has 0 heterocycles. The molecule has 0 radical (unpaired) electrons. The molecule has 0 saturated heterocycles. The van der Waals surface area contributed by atoms with Crippen LogP contribution in [0, 0.1) is 0 Å². The monoisotopic (exact) mass is 303 g/mol. The number of carbonyl (C=O) groups excluding carboxylic acids is 1. The Bertz CT molecular complexity index is 628. The Morgan fingerprint density at radius 1 is 1.10 bits per heavy atom. The minimum atomic E-state index is -1.44. The lowest BCUT2D eigenvalue weighted by Gasteiger charge is -2.30. The molecule has 4 heteroatoms. The van der Waals surface area contributed by atoms with Crippen molar-refractivity contribution in [1.29, 1.82) is 0 Å². The lowest BCUT2D eigenvalue weighted by atomic mass is 9.83. The third-order valence-corrected chi connectivity index (χ3v) is 3.81. The van der Waals surface area contributed by atoms with Crippen molar-refractivity contribution in [2.75, 3.05) is 14.1 Å². The van der Waals surface area contributed by atoms with E-state index in [-0.39, 0.29) is 12.3 Å². The van der Waals surface area contributed by atoms with E-state index in [1.165, 1.54) is 4.90 Å². The van der Waals surface area contributed by atoms with Crippen molar-refractivity contribution in [2.24, 2.45) is 0 Å². The summed E-state index contributed by atoms with van der Waals surface area (Å²) in [5, 5.41) is 11.7. The van der Waals surface area contributed by atoms with Crippen molar-refractivity contribution in [3.63, 3.8) is 0 Å². The summed E-state index contributed by atoms with van der Waals surface area (Å²) in [4.78, 5) is 13.6. The van der Waals surface area contributed by atoms with Gasteiger partial charge in [-0.1, -0.05) is 60.1 Å². The highest BCUT2D eigenvalue weighted by molar-refractivity contribution is 6.31. The number of carbonyl (C=O) groups is 1. The molecule has 1 atom stereocenters. The van der Waals surface area contributed by atoms with Crippen LogP contribution in [0.2, 0.25) is 5.02 Å². The lowest BCUT2D eigenvalue weighted by Crippen LogP contribution is -2.35. The Kier molecular flexibility index (Phi) is 4.66. The van der Waals surface area contributed by atoms with Gasteiger partial charge in [0.25, 0.3) is 0 Å². The number of hydrogen-bond donors (Lipinski definition) is 1. The second-order valence-corrected chi connectivity index (χ2v) is 5.58. The third-order valence-electron chi connectivity index (χ3n) is 3.48. The van der Waals surface area contributed by atoms with Crippen molar-refractivity contribution in [2.45, 2.75) is 12.0 Å². The van der Waals surface area contributed by atoms with Crippen LogP contribution >= 0.6 is 11.6 Å². The van der Waals surface area contributed by atoms with Gasteiger partial charge in [0.1, 0.15) is 5.60 Å². The molecule has 21 heavy (non-hydrogen) atoms. The molecule has 1 N–H and O–H groups in total. The summed E-state index contributed by atoms with van der Waals surface area (Å²) in [5.41, 5.74) is -0.262. The molecule has 0 fully saturated rings. The predicted octanol–water partition coefficient (Wildman–Crippen LogP) is 3.05. The number of benzene rings is 2. The molecule has 0 aliphatic heterocycles. The Morgan fingerprint density at radius 3 is 2.24 bits per heavy atom. The van der Waals surface area contributed by atoms with E-state index in [1.807, 2.05) is 18.2 Å². The van der Waals surface area contributed by atoms with Crippen LogP contribution in [0.1, 0.15) is 17.5 Å². The smallest absolute Gasteiger partial charge is 0.225 e. The third kappa shape index (κ3) is 3.26. The summed E-state index contributed by atoms with van der Waals surface area (Å²) in [5.74, 6) is -0.165. The van der Waals surface area contributed by atoms with Crippen molar-refractivity contribution < 1.29 is 9.90 Å². The maximum absolute atomic E-state index is 12.1. The Balaban J connectivity index is 2.54. The molecular weight excluding hydrogens is 286 g/mol. The zero-order chi connectivity index (χ0) is 15.5. The van der Waals surface area contributed by atoms with Gasteiger partial charge in [-0.05, 0) is 11.6 Å². The van der Waals surface area contributed by atoms with Crippen molar-refractivity contribution in [1.82, 2.24) is 4.90 Å². The number of amides is 1. The maximum Gasteiger partial charge on any atom is 0.225 e. The van der Waals surface area contributed by atoms with Crippen LogP contribution in [0.4, 0.5) is 0 Å². The number of rotatable bonds is 4. The van der Waals surface area contributed by atoms with Gasteiger partial charge in [-0.25, -0.2) is 0 Å². The summed E-state index contributed by atoms with van der Waals surface area (Å²) in [6, 6.07) is 16.2. The van der Waals surface area contributed by atoms with E-state index in [4.69, 9.17) is 11.6 Å². The van der Waals surface area contributed by atoms with Gasteiger partial charge in [0.2, 0.25) is 5.91 Å². The fraction of sp³-hybridized carbons (Fsp3) is 0.235. The first-order chi connectivity index (χ1) is 9.95. The fourth-order valence-electron chi connectivity index (χ4n) is 2.24. The lowest BCUT2D eigenvalue weighted by molar-refractivity contribution is -0.132. The zero-order valence-electron chi connectivity index (χ0n) is 12.1. The first-order valence-electron chi connectivity index (χ1n) is 6.68. The molecule has 0 aliphatic rings. The fourth-order valence-corrected chi connectivity index (χ4v) is 2.53. The van der Waals surface area contributed by atoms with E-state index in [0.717, 1.165) is 0 Å². The molecule has 0 saturated carbocycles. The molecule has 2 aromatic carbocycles. The van der Waals surface area contributed by atoms with Gasteiger partial charge in [-0.2, -0.15) is 0 Å². The number of aliphatic hydroxyl groups is 1. The quantitative estimate of drug-likeness (QED) is 0.943. The minimum Gasteiger partial charge on any atom is -0.380 e. The van der Waals surface area contributed by atoms with Crippen molar-refractivity contribution in [3.05, 3.63) is 70.7 Å². The molecule has 2 rings (SSSR count). The van der Waals surface area contributed by atoms with Crippen LogP contribution in [0.5, 0.6) is 0 Å². The van der Waals surface area contributed by atoms with E-state index < -0.39 is 5.60 Å². The van der Waals surface area contributed by atoms with Crippen LogP contribution in [0.3, 0.4) is 0 Å². The van der Waals surface area contributed by atoms with Crippen LogP contribution < -0.4 is 0 Å². The van der Waals surface area contributed by atoms with E-state index in [9.17, 15) is 9.90 Å². The van der Waals surface area contributed by atoms with Crippen molar-refractivity contribution >= 4 is 17.5 Å². The molecule has 0 aromatic heterocycles. The first-order valence-corrected chi connectivity index (χ1v) is 7.06. The molecule has 0 bridgehead atoms. The molecule has 2 aromatic rings. The Labute approximate surface area is 129 Å². The van der Waals surface area contributed by atoms with Crippen LogP contribution in [0.15, 0.2) is 54.6 Å². The molecule has 1 unspecified atom stereocenters. The highest BCUT2D eigenvalue weighted by atomic mass is 35.5. The van der Waals surface area contributed by atoms with Crippen LogP contribution in [-0.4, -0.2) is 30.0 Å². The summed E-state index contributed by atoms with van der Waals surface area (Å²) in [7, 11) is 3.33. The number of hydrogen-bond acceptors (Lipinski definition) is 2. The predicted molar refractivity (Wildman–Crippen MR) is 84.2 cm³/mol. The Hall–Kier alpha value is -1.84. The molecular formula is C17H18ClNO2. The van der Waals surface area contributed by atoms with E-state index in [1.54, 1.807) is 50.5 Å². The van der Waals surface area contributed by atoms with E-state index in [2.05, 4.69) is 0 Å². The first kappa shape index (κ1) is 15.5. The van der Waals surface area contributed by atoms with Crippen LogP contribution in [0.25, 0.3) is 0 Å². The van der Waals surface area contributed by atoms with E-state index >= 15 is 0 Å². The highest BCUT2D eigenvalue weighted by Gasteiger charge is 2.36. The summed E-state index contributed by atoms with van der Waals surface area (Å²) in [6.45, 7) is 0. The van der Waals surface area contributed by atoms with Gasteiger partial charge in [0.05, 0.1) is 6.42 Å². The molecule has 3 nitrogen and oxygen atoms in total. The topological polar surface area (TPSA) is 40.5 Å². The molecule has 1 amide bonds. The van der Waals surface area contributed by atoms with Gasteiger partial charge >= 0.3 is 0 Å². The van der Waals surface area contributed by atoms with Crippen LogP contribution in [-0.2, 0) is 10.4 Å². The second kappa shape index (κ2) is 6.29. The molecule has 0 aliphatic carbocycles. The standard InChI is InChI=1S/C17H18ClNO2/c1-19(2)16(20)12-17(21,13-8-4-3-5-9-13)14-10-6-7-11-15(14)18/h3-11,21H,12H2,1-2H3. The minimum absolute atomic E-state index is 0.0618. The Morgan fingerprint density at radius 2 is 1.67 bits per heavy atom. The highest BCUT2D eigenvalue weighted by Crippen LogP contribution is 2.37. The van der Waals surface area contributed by atoms with Gasteiger partial charge in [0, 0.05) is 24.7 Å². The van der Waals surface area contributed by atoms with Gasteiger partial charge in [-0.15, -0.1) is 0 Å². The summed E-state index contributed by atoms with van der Waals surface area (Å²) >= 11 is 6.24. The van der Waals surface area contributed by atoms with Gasteiger partial charge in [0.15, 0.2) is 0 Å². The average molecular weight is 304 g/mol. The second-order valence-electron chi connectivity index (χ2n) is 5.17. The van der Waals surface area contributed by atoms with Crippen molar-refractivity contribution in [3.8, 4) is 0 Å². The maximum atomic E-state index is 12.1.